The summed E-state index contributed by atoms with van der Waals surface area (Å²) in [5.41, 5.74) is 5.06. The lowest BCUT2D eigenvalue weighted by Crippen LogP contribution is -2.41. The van der Waals surface area contributed by atoms with E-state index in [4.69, 9.17) is 4.74 Å². The number of ether oxygens (including phenoxy) is 1. The van der Waals surface area contributed by atoms with Gasteiger partial charge in [0.25, 0.3) is 5.91 Å². The molecule has 1 aromatic heterocycles. The topological polar surface area (TPSA) is 71.5 Å². The first kappa shape index (κ1) is 25.9. The van der Waals surface area contributed by atoms with Gasteiger partial charge in [-0.2, -0.15) is 0 Å². The van der Waals surface area contributed by atoms with E-state index in [0.29, 0.717) is 24.6 Å². The van der Waals surface area contributed by atoms with Crippen LogP contribution in [0.2, 0.25) is 0 Å². The first-order chi connectivity index (χ1) is 17.2. The third-order valence-electron chi connectivity index (χ3n) is 6.21. The molecule has 2 heterocycles. The van der Waals surface area contributed by atoms with Gasteiger partial charge in [0.15, 0.2) is 0 Å². The summed E-state index contributed by atoms with van der Waals surface area (Å²) in [6.07, 6.45) is 1.35. The van der Waals surface area contributed by atoms with Gasteiger partial charge in [-0.25, -0.2) is 4.98 Å². The molecule has 0 radical (unpaired) electrons. The first-order valence-corrected chi connectivity index (χ1v) is 13.5. The number of nitrogens with zero attached hydrogens (tertiary/aromatic N) is 2. The number of nitrogens with one attached hydrogen (secondary N) is 1. The second kappa shape index (κ2) is 11.2. The number of carbonyl (C=O) groups is 2. The summed E-state index contributed by atoms with van der Waals surface area (Å²) in [6.45, 7) is 11.1. The van der Waals surface area contributed by atoms with Crippen LogP contribution in [-0.4, -0.2) is 34.3 Å². The van der Waals surface area contributed by atoms with Gasteiger partial charge < -0.3 is 15.0 Å². The number of thiazole rings is 1. The van der Waals surface area contributed by atoms with E-state index in [1.165, 1.54) is 22.5 Å². The average molecular weight is 506 g/mol. The molecule has 190 valence electrons. The lowest BCUT2D eigenvalue weighted by molar-refractivity contribution is -0.134. The smallest absolute Gasteiger partial charge is 0.270 e. The summed E-state index contributed by atoms with van der Waals surface area (Å²) < 4.78 is 6.11. The highest BCUT2D eigenvalue weighted by atomic mass is 32.1. The fraction of sp³-hybridized carbons (Fsp3) is 0.414. The molecule has 0 spiro atoms. The van der Waals surface area contributed by atoms with Gasteiger partial charge >= 0.3 is 0 Å². The average Bonchev–Trinajstić information content (AvgIpc) is 3.31. The quantitative estimate of drug-likeness (QED) is 0.427. The fourth-order valence-electron chi connectivity index (χ4n) is 4.49. The van der Waals surface area contributed by atoms with Crippen LogP contribution < -0.4 is 10.1 Å². The van der Waals surface area contributed by atoms with E-state index in [1.54, 1.807) is 5.38 Å². The molecule has 2 amide bonds. The largest absolute Gasteiger partial charge is 0.486 e. The molecule has 0 saturated carbocycles. The van der Waals surface area contributed by atoms with Crippen LogP contribution in [-0.2, 0) is 17.8 Å². The zero-order valence-corrected chi connectivity index (χ0v) is 22.5. The van der Waals surface area contributed by atoms with Gasteiger partial charge in [0.2, 0.25) is 5.91 Å². The molecule has 6 nitrogen and oxygen atoms in total. The Morgan fingerprint density at radius 1 is 1.14 bits per heavy atom. The third-order valence-corrected chi connectivity index (χ3v) is 7.03. The minimum atomic E-state index is -0.173. The van der Waals surface area contributed by atoms with Crippen molar-refractivity contribution in [2.75, 3.05) is 6.54 Å². The Hall–Kier alpha value is -3.19. The van der Waals surface area contributed by atoms with Crippen LogP contribution in [0.3, 0.4) is 0 Å². The molecule has 1 atom stereocenters. The van der Waals surface area contributed by atoms with Gasteiger partial charge in [0, 0.05) is 24.4 Å². The Bertz CT molecular complexity index is 1220. The molecule has 7 heteroatoms. The molecule has 4 rings (SSSR count). The van der Waals surface area contributed by atoms with Gasteiger partial charge in [-0.15, -0.1) is 11.3 Å². The van der Waals surface area contributed by atoms with E-state index in [1.807, 2.05) is 24.8 Å². The van der Waals surface area contributed by atoms with Crippen LogP contribution in [0, 0.1) is 12.8 Å². The second-order valence-corrected chi connectivity index (χ2v) is 11.1. The van der Waals surface area contributed by atoms with Crippen LogP contribution >= 0.6 is 11.3 Å². The molecular weight excluding hydrogens is 470 g/mol. The van der Waals surface area contributed by atoms with Crippen molar-refractivity contribution in [2.45, 2.75) is 66.2 Å². The van der Waals surface area contributed by atoms with Gasteiger partial charge in [-0.05, 0) is 61.9 Å². The molecular formula is C29H35N3O3S. The number of benzene rings is 2. The first-order valence-electron chi connectivity index (χ1n) is 12.6. The van der Waals surface area contributed by atoms with Crippen molar-refractivity contribution in [3.8, 4) is 5.75 Å². The summed E-state index contributed by atoms with van der Waals surface area (Å²) in [5.74, 6) is 1.04. The third kappa shape index (κ3) is 6.13. The molecule has 3 aromatic rings. The lowest BCUT2D eigenvalue weighted by atomic mass is 9.87. The van der Waals surface area contributed by atoms with Crippen molar-refractivity contribution in [3.63, 3.8) is 0 Å². The van der Waals surface area contributed by atoms with E-state index < -0.39 is 0 Å². The lowest BCUT2D eigenvalue weighted by Gasteiger charge is -2.38. The normalized spacial score (nSPS) is 15.2. The maximum Gasteiger partial charge on any atom is 0.270 e. The number of carbonyl (C=O) groups excluding carboxylic acids is 2. The van der Waals surface area contributed by atoms with Gasteiger partial charge in [0.1, 0.15) is 23.1 Å². The molecule has 1 N–H and O–H groups in total. The molecule has 0 aliphatic carbocycles. The highest BCUT2D eigenvalue weighted by molar-refractivity contribution is 7.09. The number of fused-ring (bicyclic) bond motifs is 1. The molecule has 2 aromatic carbocycles. The standard InChI is InChI=1S/C29H35N3O3S/c1-18(2)14-27(33)32-13-12-21-10-11-23(15-24(21)28(32)22-8-6-20(5)7-9-22)35-16-26-31-25(17-36-26)29(34)30-19(3)4/h6-11,15,17-19,28H,12-14,16H2,1-5H3,(H,30,34). The number of aryl methyl sites for hydroxylation is 1. The van der Waals surface area contributed by atoms with Crippen molar-refractivity contribution in [1.29, 1.82) is 0 Å². The Balaban J connectivity index is 1.58. The molecule has 1 unspecified atom stereocenters. The Kier molecular flexibility index (Phi) is 8.09. The van der Waals surface area contributed by atoms with Crippen LogP contribution in [0.15, 0.2) is 47.8 Å². The SMILES string of the molecule is Cc1ccc(C2c3cc(OCc4nc(C(=O)NC(C)C)cs4)ccc3CCN2C(=O)CC(C)C)cc1. The number of hydrogen-bond donors (Lipinski definition) is 1. The predicted octanol–water partition coefficient (Wildman–Crippen LogP) is 5.69. The zero-order chi connectivity index (χ0) is 25.8. The number of amides is 2. The Morgan fingerprint density at radius 3 is 2.58 bits per heavy atom. The van der Waals surface area contributed by atoms with Crippen molar-refractivity contribution >= 4 is 23.2 Å². The van der Waals surface area contributed by atoms with Crippen LogP contribution in [0.25, 0.3) is 0 Å². The van der Waals surface area contributed by atoms with Crippen molar-refractivity contribution in [3.05, 3.63) is 80.8 Å². The fourth-order valence-corrected chi connectivity index (χ4v) is 5.17. The predicted molar refractivity (Wildman–Crippen MR) is 143 cm³/mol. The van der Waals surface area contributed by atoms with Crippen LogP contribution in [0.5, 0.6) is 5.75 Å². The highest BCUT2D eigenvalue weighted by Crippen LogP contribution is 2.38. The van der Waals surface area contributed by atoms with Crippen LogP contribution in [0.1, 0.15) is 77.9 Å². The highest BCUT2D eigenvalue weighted by Gasteiger charge is 2.32. The van der Waals surface area contributed by atoms with E-state index in [-0.39, 0.29) is 30.5 Å². The molecule has 1 aliphatic heterocycles. The Morgan fingerprint density at radius 2 is 1.89 bits per heavy atom. The summed E-state index contributed by atoms with van der Waals surface area (Å²) in [6, 6.07) is 14.5. The summed E-state index contributed by atoms with van der Waals surface area (Å²) in [5, 5.41) is 5.36. The maximum atomic E-state index is 13.2. The molecule has 0 fully saturated rings. The van der Waals surface area contributed by atoms with E-state index in [2.05, 4.69) is 67.5 Å². The van der Waals surface area contributed by atoms with Crippen molar-refractivity contribution < 1.29 is 14.3 Å². The second-order valence-electron chi connectivity index (χ2n) is 10.2. The van der Waals surface area contributed by atoms with E-state index in [0.717, 1.165) is 28.3 Å². The summed E-state index contributed by atoms with van der Waals surface area (Å²) in [7, 11) is 0. The van der Waals surface area contributed by atoms with Gasteiger partial charge in [-0.1, -0.05) is 49.7 Å². The molecule has 36 heavy (non-hydrogen) atoms. The van der Waals surface area contributed by atoms with Crippen molar-refractivity contribution in [1.82, 2.24) is 15.2 Å². The summed E-state index contributed by atoms with van der Waals surface area (Å²) in [4.78, 5) is 31.9. The monoisotopic (exact) mass is 505 g/mol. The number of aromatic nitrogens is 1. The molecule has 0 saturated heterocycles. The minimum Gasteiger partial charge on any atom is -0.486 e. The Labute approximate surface area is 217 Å². The van der Waals surface area contributed by atoms with Gasteiger partial charge in [-0.3, -0.25) is 9.59 Å². The van der Waals surface area contributed by atoms with Gasteiger partial charge in [0.05, 0.1) is 6.04 Å². The molecule has 1 aliphatic rings. The number of rotatable bonds is 8. The zero-order valence-electron chi connectivity index (χ0n) is 21.7. The maximum absolute atomic E-state index is 13.2. The van der Waals surface area contributed by atoms with Crippen molar-refractivity contribution in [2.24, 2.45) is 5.92 Å². The van der Waals surface area contributed by atoms with Crippen LogP contribution in [0.4, 0.5) is 0 Å². The van der Waals surface area contributed by atoms with E-state index in [9.17, 15) is 9.59 Å². The number of hydrogen-bond acceptors (Lipinski definition) is 5. The minimum absolute atomic E-state index is 0.0582. The molecule has 0 bridgehead atoms. The van der Waals surface area contributed by atoms with E-state index >= 15 is 0 Å². The summed E-state index contributed by atoms with van der Waals surface area (Å²) >= 11 is 1.41.